The van der Waals surface area contributed by atoms with Gasteiger partial charge < -0.3 is 15.4 Å². The molecule has 3 aromatic rings. The minimum Gasteiger partial charge on any atom is -0.490 e. The summed E-state index contributed by atoms with van der Waals surface area (Å²) in [7, 11) is 1.98. The molecule has 8 nitrogen and oxygen atoms in total. The van der Waals surface area contributed by atoms with E-state index in [0.29, 0.717) is 17.7 Å². The molecule has 1 aromatic carbocycles. The summed E-state index contributed by atoms with van der Waals surface area (Å²) in [6.07, 6.45) is 5.17. The molecule has 8 heteroatoms. The first kappa shape index (κ1) is 17.0. The van der Waals surface area contributed by atoms with Gasteiger partial charge in [0.2, 0.25) is 0 Å². The van der Waals surface area contributed by atoms with Crippen LogP contribution in [-0.2, 0) is 0 Å². The minimum absolute atomic E-state index is 0.234. The second-order valence-electron chi connectivity index (χ2n) is 6.38. The van der Waals surface area contributed by atoms with E-state index in [4.69, 9.17) is 10.00 Å². The van der Waals surface area contributed by atoms with Gasteiger partial charge in [-0.15, -0.1) is 0 Å². The molecule has 2 aromatic heterocycles. The summed E-state index contributed by atoms with van der Waals surface area (Å²) in [5, 5.41) is 22.4. The lowest BCUT2D eigenvalue weighted by atomic mass is 9.89. The van der Waals surface area contributed by atoms with Crippen molar-refractivity contribution in [3.8, 4) is 23.1 Å². The summed E-state index contributed by atoms with van der Waals surface area (Å²) in [5.74, 6) is 1.97. The molecule has 4 rings (SSSR count). The van der Waals surface area contributed by atoms with E-state index in [1.54, 1.807) is 0 Å². The van der Waals surface area contributed by atoms with Crippen molar-refractivity contribution in [2.75, 3.05) is 12.4 Å². The van der Waals surface area contributed by atoms with E-state index in [1.807, 2.05) is 43.4 Å². The molecule has 0 saturated heterocycles. The number of H-pyrrole nitrogens is 1. The van der Waals surface area contributed by atoms with Gasteiger partial charge in [0.05, 0.1) is 18.1 Å². The van der Waals surface area contributed by atoms with Crippen LogP contribution < -0.4 is 15.4 Å². The fourth-order valence-corrected chi connectivity index (χ4v) is 2.97. The number of rotatable bonds is 6. The third-order valence-corrected chi connectivity index (χ3v) is 4.57. The van der Waals surface area contributed by atoms with Crippen LogP contribution in [0, 0.1) is 11.3 Å². The first-order valence-corrected chi connectivity index (χ1v) is 8.73. The summed E-state index contributed by atoms with van der Waals surface area (Å²) in [5.41, 5.74) is 2.07. The van der Waals surface area contributed by atoms with Crippen LogP contribution in [0.3, 0.4) is 0 Å². The number of ether oxygens (including phenoxy) is 1. The molecule has 0 radical (unpaired) electrons. The Labute approximate surface area is 156 Å². The van der Waals surface area contributed by atoms with E-state index in [2.05, 4.69) is 30.8 Å². The predicted octanol–water partition coefficient (Wildman–Crippen LogP) is 2.61. The summed E-state index contributed by atoms with van der Waals surface area (Å²) in [6.45, 7) is 0. The number of nitrogens with zero attached hydrogens (tertiary/aromatic N) is 4. The van der Waals surface area contributed by atoms with Crippen molar-refractivity contribution >= 4 is 11.6 Å². The van der Waals surface area contributed by atoms with E-state index in [-0.39, 0.29) is 11.8 Å². The van der Waals surface area contributed by atoms with Crippen LogP contribution in [0.5, 0.6) is 5.75 Å². The maximum Gasteiger partial charge on any atom is 0.158 e. The Bertz CT molecular complexity index is 955. The topological polar surface area (TPSA) is 112 Å². The van der Waals surface area contributed by atoms with E-state index < -0.39 is 0 Å². The lowest BCUT2D eigenvalue weighted by Gasteiger charge is -2.35. The lowest BCUT2D eigenvalue weighted by molar-refractivity contribution is 0.0890. The highest BCUT2D eigenvalue weighted by molar-refractivity contribution is 5.70. The van der Waals surface area contributed by atoms with Gasteiger partial charge in [0.1, 0.15) is 23.7 Å². The molecular formula is C19H19N7O. The largest absolute Gasteiger partial charge is 0.490 e. The molecule has 1 fully saturated rings. The molecule has 0 aliphatic heterocycles. The third kappa shape index (κ3) is 3.73. The van der Waals surface area contributed by atoms with Crippen LogP contribution in [0.25, 0.3) is 11.3 Å². The third-order valence-electron chi connectivity index (χ3n) is 4.57. The fraction of sp³-hybridized carbons (Fsp3) is 0.263. The molecule has 0 bridgehead atoms. The van der Waals surface area contributed by atoms with Gasteiger partial charge in [0.25, 0.3) is 0 Å². The van der Waals surface area contributed by atoms with Crippen molar-refractivity contribution in [1.82, 2.24) is 25.5 Å². The van der Waals surface area contributed by atoms with Gasteiger partial charge >= 0.3 is 0 Å². The van der Waals surface area contributed by atoms with E-state index in [1.165, 1.54) is 12.4 Å². The van der Waals surface area contributed by atoms with Crippen molar-refractivity contribution in [3.05, 3.63) is 48.4 Å². The van der Waals surface area contributed by atoms with Crippen LogP contribution in [-0.4, -0.2) is 39.4 Å². The quantitative estimate of drug-likeness (QED) is 0.619. The average Bonchev–Trinajstić information content (AvgIpc) is 3.13. The molecule has 1 saturated carbocycles. The molecule has 1 aliphatic rings. The molecular weight excluding hydrogens is 342 g/mol. The molecule has 3 N–H and O–H groups in total. The smallest absolute Gasteiger partial charge is 0.158 e. The SMILES string of the molecule is CNC1CC(Oc2ccccc2-c2cc(Nc3cnc(C#N)cn3)n[nH]2)C1. The number of benzene rings is 1. The maximum atomic E-state index is 8.78. The number of hydrogen-bond donors (Lipinski definition) is 3. The maximum absolute atomic E-state index is 8.78. The summed E-state index contributed by atoms with van der Waals surface area (Å²) in [6, 6.07) is 12.3. The van der Waals surface area contributed by atoms with Crippen LogP contribution >= 0.6 is 0 Å². The molecule has 0 unspecified atom stereocenters. The first-order valence-electron chi connectivity index (χ1n) is 8.73. The van der Waals surface area contributed by atoms with Crippen LogP contribution in [0.1, 0.15) is 18.5 Å². The minimum atomic E-state index is 0.234. The highest BCUT2D eigenvalue weighted by atomic mass is 16.5. The molecule has 27 heavy (non-hydrogen) atoms. The highest BCUT2D eigenvalue weighted by Gasteiger charge is 2.30. The second-order valence-corrected chi connectivity index (χ2v) is 6.38. The first-order chi connectivity index (χ1) is 13.2. The normalized spacial score (nSPS) is 18.4. The number of aromatic nitrogens is 4. The predicted molar refractivity (Wildman–Crippen MR) is 101 cm³/mol. The number of aromatic amines is 1. The molecule has 0 spiro atoms. The van der Waals surface area contributed by atoms with Crippen molar-refractivity contribution < 1.29 is 4.74 Å². The van der Waals surface area contributed by atoms with E-state index in [9.17, 15) is 0 Å². The van der Waals surface area contributed by atoms with Gasteiger partial charge in [-0.05, 0) is 32.0 Å². The Balaban J connectivity index is 1.49. The van der Waals surface area contributed by atoms with Gasteiger partial charge in [-0.2, -0.15) is 10.4 Å². The van der Waals surface area contributed by atoms with E-state index in [0.717, 1.165) is 29.8 Å². The van der Waals surface area contributed by atoms with Gasteiger partial charge in [-0.3, -0.25) is 5.10 Å². The Morgan fingerprint density at radius 1 is 1.19 bits per heavy atom. The highest BCUT2D eigenvalue weighted by Crippen LogP contribution is 2.34. The van der Waals surface area contributed by atoms with Crippen molar-refractivity contribution in [2.24, 2.45) is 0 Å². The number of anilines is 2. The standard InChI is InChI=1S/C19H19N7O/c1-21-12-6-14(7-12)27-17-5-3-2-4-15(17)16-8-18(26-25-16)24-19-11-22-13(9-20)10-23-19/h2-5,8,10-12,14,21H,6-7H2,1H3,(H2,23,24,25,26). The zero-order valence-electron chi connectivity index (χ0n) is 14.8. The van der Waals surface area contributed by atoms with Crippen molar-refractivity contribution in [1.29, 1.82) is 5.26 Å². The number of hydrogen-bond acceptors (Lipinski definition) is 7. The average molecular weight is 361 g/mol. The Hall–Kier alpha value is -3.44. The Morgan fingerprint density at radius 2 is 2.04 bits per heavy atom. The number of para-hydroxylation sites is 1. The van der Waals surface area contributed by atoms with Gasteiger partial charge in [0.15, 0.2) is 11.5 Å². The number of nitriles is 1. The molecule has 0 amide bonds. The molecule has 0 atom stereocenters. The summed E-state index contributed by atoms with van der Waals surface area (Å²) >= 11 is 0. The lowest BCUT2D eigenvalue weighted by Crippen LogP contribution is -2.45. The Morgan fingerprint density at radius 3 is 2.78 bits per heavy atom. The summed E-state index contributed by atoms with van der Waals surface area (Å²) in [4.78, 5) is 8.12. The Kier molecular flexibility index (Phi) is 4.68. The monoisotopic (exact) mass is 361 g/mol. The zero-order chi connectivity index (χ0) is 18.6. The van der Waals surface area contributed by atoms with Gasteiger partial charge in [-0.25, -0.2) is 9.97 Å². The van der Waals surface area contributed by atoms with Gasteiger partial charge in [0, 0.05) is 17.7 Å². The van der Waals surface area contributed by atoms with Gasteiger partial charge in [-0.1, -0.05) is 12.1 Å². The number of nitrogens with one attached hydrogen (secondary N) is 3. The molecule has 1 aliphatic carbocycles. The fourth-order valence-electron chi connectivity index (χ4n) is 2.97. The van der Waals surface area contributed by atoms with Crippen LogP contribution in [0.2, 0.25) is 0 Å². The zero-order valence-corrected chi connectivity index (χ0v) is 14.8. The molecule has 2 heterocycles. The summed E-state index contributed by atoms with van der Waals surface area (Å²) < 4.78 is 6.16. The van der Waals surface area contributed by atoms with Crippen LogP contribution in [0.4, 0.5) is 11.6 Å². The van der Waals surface area contributed by atoms with E-state index >= 15 is 0 Å². The van der Waals surface area contributed by atoms with Crippen molar-refractivity contribution in [2.45, 2.75) is 25.0 Å². The van der Waals surface area contributed by atoms with Crippen molar-refractivity contribution in [3.63, 3.8) is 0 Å². The second kappa shape index (κ2) is 7.43. The molecule has 136 valence electrons. The van der Waals surface area contributed by atoms with Crippen LogP contribution in [0.15, 0.2) is 42.7 Å².